The molecule has 1 amide bonds. The summed E-state index contributed by atoms with van der Waals surface area (Å²) in [5.41, 5.74) is 4.64. The number of benzene rings is 1. The minimum absolute atomic E-state index is 0.0156. The first-order valence-electron chi connectivity index (χ1n) is 7.20. The van der Waals surface area contributed by atoms with E-state index in [1.807, 2.05) is 12.3 Å². The van der Waals surface area contributed by atoms with E-state index in [-0.39, 0.29) is 5.91 Å². The number of nitrogens with one attached hydrogen (secondary N) is 2. The van der Waals surface area contributed by atoms with Gasteiger partial charge in [0.05, 0.1) is 6.20 Å². The smallest absolute Gasteiger partial charge is 0.251 e. The Kier molecular flexibility index (Phi) is 3.81. The summed E-state index contributed by atoms with van der Waals surface area (Å²) in [6.45, 7) is 0.634. The van der Waals surface area contributed by atoms with E-state index in [0.29, 0.717) is 6.54 Å². The van der Waals surface area contributed by atoms with Crippen molar-refractivity contribution in [1.82, 2.24) is 15.5 Å². The predicted molar refractivity (Wildman–Crippen MR) is 77.7 cm³/mol. The summed E-state index contributed by atoms with van der Waals surface area (Å²) in [7, 11) is 0. The van der Waals surface area contributed by atoms with Gasteiger partial charge in [-0.3, -0.25) is 9.89 Å². The van der Waals surface area contributed by atoms with E-state index in [4.69, 9.17) is 0 Å². The lowest BCUT2D eigenvalue weighted by Crippen LogP contribution is -2.26. The van der Waals surface area contributed by atoms with Crippen molar-refractivity contribution in [2.24, 2.45) is 0 Å². The number of aromatic nitrogens is 2. The zero-order chi connectivity index (χ0) is 13.8. The Morgan fingerprint density at radius 1 is 1.25 bits per heavy atom. The third-order valence-electron chi connectivity index (χ3n) is 3.86. The molecule has 1 aliphatic carbocycles. The highest BCUT2D eigenvalue weighted by molar-refractivity contribution is 5.94. The van der Waals surface area contributed by atoms with Crippen molar-refractivity contribution in [2.75, 3.05) is 6.54 Å². The molecule has 1 aliphatic rings. The third kappa shape index (κ3) is 2.90. The number of rotatable bonds is 4. The largest absolute Gasteiger partial charge is 0.352 e. The molecule has 1 heterocycles. The van der Waals surface area contributed by atoms with Crippen molar-refractivity contribution in [3.8, 4) is 0 Å². The maximum Gasteiger partial charge on any atom is 0.251 e. The van der Waals surface area contributed by atoms with Crippen LogP contribution in [0.2, 0.25) is 0 Å². The fourth-order valence-electron chi connectivity index (χ4n) is 2.71. The molecule has 2 aromatic rings. The van der Waals surface area contributed by atoms with Gasteiger partial charge in [-0.05, 0) is 60.9 Å². The second-order valence-corrected chi connectivity index (χ2v) is 5.30. The van der Waals surface area contributed by atoms with Gasteiger partial charge in [-0.1, -0.05) is 6.07 Å². The molecule has 0 spiro atoms. The van der Waals surface area contributed by atoms with Crippen LogP contribution in [0.5, 0.6) is 0 Å². The van der Waals surface area contributed by atoms with E-state index in [1.165, 1.54) is 24.0 Å². The lowest BCUT2D eigenvalue weighted by atomic mass is 9.90. The molecule has 1 aromatic carbocycles. The fraction of sp³-hybridized carbons (Fsp3) is 0.375. The number of aromatic amines is 1. The second kappa shape index (κ2) is 5.90. The summed E-state index contributed by atoms with van der Waals surface area (Å²) in [6.07, 6.45) is 9.19. The van der Waals surface area contributed by atoms with Crippen LogP contribution in [0.4, 0.5) is 0 Å². The molecule has 0 atom stereocenters. The average molecular weight is 269 g/mol. The van der Waals surface area contributed by atoms with Gasteiger partial charge in [0.1, 0.15) is 0 Å². The van der Waals surface area contributed by atoms with Crippen LogP contribution < -0.4 is 5.32 Å². The number of H-pyrrole nitrogens is 1. The number of carbonyl (C=O) groups excluding carboxylic acids is 1. The summed E-state index contributed by atoms with van der Waals surface area (Å²) in [4.78, 5) is 12.1. The van der Waals surface area contributed by atoms with Gasteiger partial charge < -0.3 is 5.32 Å². The van der Waals surface area contributed by atoms with Gasteiger partial charge in [0.15, 0.2) is 0 Å². The van der Waals surface area contributed by atoms with E-state index in [0.717, 1.165) is 30.4 Å². The molecule has 0 fully saturated rings. The second-order valence-electron chi connectivity index (χ2n) is 5.30. The van der Waals surface area contributed by atoms with Crippen LogP contribution >= 0.6 is 0 Å². The number of hydrogen-bond acceptors (Lipinski definition) is 2. The summed E-state index contributed by atoms with van der Waals surface area (Å²) in [5.74, 6) is 0.0156. The summed E-state index contributed by atoms with van der Waals surface area (Å²) < 4.78 is 0. The summed E-state index contributed by atoms with van der Waals surface area (Å²) >= 11 is 0. The molecule has 4 nitrogen and oxygen atoms in total. The van der Waals surface area contributed by atoms with Gasteiger partial charge in [0.25, 0.3) is 5.91 Å². The highest BCUT2D eigenvalue weighted by Crippen LogP contribution is 2.22. The van der Waals surface area contributed by atoms with Gasteiger partial charge in [-0.15, -0.1) is 0 Å². The van der Waals surface area contributed by atoms with E-state index in [2.05, 4.69) is 27.6 Å². The average Bonchev–Trinajstić information content (AvgIpc) is 3.00. The van der Waals surface area contributed by atoms with Crippen LogP contribution in [0.1, 0.15) is 39.9 Å². The topological polar surface area (TPSA) is 57.8 Å². The van der Waals surface area contributed by atoms with E-state index in [1.54, 1.807) is 6.20 Å². The monoisotopic (exact) mass is 269 g/mol. The molecular weight excluding hydrogens is 250 g/mol. The number of hydrogen-bond donors (Lipinski definition) is 2. The van der Waals surface area contributed by atoms with Crippen LogP contribution in [0.15, 0.2) is 30.6 Å². The summed E-state index contributed by atoms with van der Waals surface area (Å²) in [6, 6.07) is 6.11. The Labute approximate surface area is 118 Å². The Morgan fingerprint density at radius 3 is 2.90 bits per heavy atom. The fourth-order valence-corrected chi connectivity index (χ4v) is 2.71. The molecular formula is C16H19N3O. The third-order valence-corrected chi connectivity index (χ3v) is 3.86. The molecule has 1 aromatic heterocycles. The highest BCUT2D eigenvalue weighted by Gasteiger charge is 2.12. The number of fused-ring (bicyclic) bond motifs is 1. The minimum Gasteiger partial charge on any atom is -0.352 e. The lowest BCUT2D eigenvalue weighted by Gasteiger charge is -2.16. The molecule has 2 N–H and O–H groups in total. The SMILES string of the molecule is O=C(NCCc1cn[nH]c1)c1ccc2c(c1)CCCC2. The normalized spacial score (nSPS) is 13.8. The molecule has 0 saturated carbocycles. The Morgan fingerprint density at radius 2 is 2.10 bits per heavy atom. The first-order valence-corrected chi connectivity index (χ1v) is 7.20. The summed E-state index contributed by atoms with van der Waals surface area (Å²) in [5, 5.41) is 9.62. The van der Waals surface area contributed by atoms with Crippen LogP contribution in [0.25, 0.3) is 0 Å². The van der Waals surface area contributed by atoms with Crippen molar-refractivity contribution in [3.05, 3.63) is 52.8 Å². The van der Waals surface area contributed by atoms with Crippen LogP contribution in [0, 0.1) is 0 Å². The number of aryl methyl sites for hydroxylation is 2. The number of nitrogens with zero attached hydrogens (tertiary/aromatic N) is 1. The molecule has 20 heavy (non-hydrogen) atoms. The minimum atomic E-state index is 0.0156. The molecule has 0 unspecified atom stereocenters. The number of amides is 1. The standard InChI is InChI=1S/C16H19N3O/c20-16(17-8-7-12-10-18-19-11-12)15-6-5-13-3-1-2-4-14(13)9-15/h5-6,9-11H,1-4,7-8H2,(H,17,20)(H,18,19). The van der Waals surface area contributed by atoms with Crippen LogP contribution in [0.3, 0.4) is 0 Å². The van der Waals surface area contributed by atoms with E-state index >= 15 is 0 Å². The van der Waals surface area contributed by atoms with Gasteiger partial charge in [0.2, 0.25) is 0 Å². The van der Waals surface area contributed by atoms with E-state index < -0.39 is 0 Å². The first-order chi connectivity index (χ1) is 9.83. The Hall–Kier alpha value is -2.10. The van der Waals surface area contributed by atoms with Crippen molar-refractivity contribution in [3.63, 3.8) is 0 Å². The maximum absolute atomic E-state index is 12.1. The zero-order valence-electron chi connectivity index (χ0n) is 11.5. The molecule has 3 rings (SSSR count). The van der Waals surface area contributed by atoms with Gasteiger partial charge in [0, 0.05) is 18.3 Å². The van der Waals surface area contributed by atoms with Crippen molar-refractivity contribution >= 4 is 5.91 Å². The van der Waals surface area contributed by atoms with Crippen LogP contribution in [-0.4, -0.2) is 22.6 Å². The molecule has 0 saturated heterocycles. The van der Waals surface area contributed by atoms with Gasteiger partial charge >= 0.3 is 0 Å². The van der Waals surface area contributed by atoms with Gasteiger partial charge in [-0.25, -0.2) is 0 Å². The highest BCUT2D eigenvalue weighted by atomic mass is 16.1. The molecule has 0 radical (unpaired) electrons. The molecule has 4 heteroatoms. The lowest BCUT2D eigenvalue weighted by molar-refractivity contribution is 0.0954. The Balaban J connectivity index is 1.59. The Bertz CT molecular complexity index is 590. The maximum atomic E-state index is 12.1. The van der Waals surface area contributed by atoms with E-state index in [9.17, 15) is 4.79 Å². The number of carbonyl (C=O) groups is 1. The van der Waals surface area contributed by atoms with Crippen molar-refractivity contribution in [1.29, 1.82) is 0 Å². The van der Waals surface area contributed by atoms with Crippen LogP contribution in [-0.2, 0) is 19.3 Å². The van der Waals surface area contributed by atoms with Gasteiger partial charge in [-0.2, -0.15) is 5.10 Å². The predicted octanol–water partition coefficient (Wildman–Crippen LogP) is 2.26. The quantitative estimate of drug-likeness (QED) is 0.894. The zero-order valence-corrected chi connectivity index (χ0v) is 11.5. The van der Waals surface area contributed by atoms with Crippen molar-refractivity contribution < 1.29 is 4.79 Å². The molecule has 104 valence electrons. The van der Waals surface area contributed by atoms with Crippen molar-refractivity contribution in [2.45, 2.75) is 32.1 Å². The first kappa shape index (κ1) is 12.9. The molecule has 0 aliphatic heterocycles. The molecule has 0 bridgehead atoms.